The van der Waals surface area contributed by atoms with Gasteiger partial charge in [-0.25, -0.2) is 0 Å². The summed E-state index contributed by atoms with van der Waals surface area (Å²) in [5.41, 5.74) is 17.1. The number of hydrogen-bond acceptors (Lipinski definition) is 3. The van der Waals surface area contributed by atoms with Crippen LogP contribution in [0.3, 0.4) is 0 Å². The van der Waals surface area contributed by atoms with E-state index in [-0.39, 0.29) is 17.5 Å². The summed E-state index contributed by atoms with van der Waals surface area (Å²) in [6.07, 6.45) is 0. The summed E-state index contributed by atoms with van der Waals surface area (Å²) in [5, 5.41) is 0. The number of hydrogen-bond donors (Lipinski definition) is 0. The van der Waals surface area contributed by atoms with Crippen molar-refractivity contribution in [1.82, 2.24) is 0 Å². The van der Waals surface area contributed by atoms with Gasteiger partial charge in [-0.05, 0) is 111 Å². The van der Waals surface area contributed by atoms with Crippen molar-refractivity contribution in [3.8, 4) is 0 Å². The maximum Gasteiger partial charge on any atom is 0.252 e. The minimum absolute atomic E-state index is 0.00267. The standard InChI is InChI=1S/C50H46BN3/c1-49(2,3)35-26-29-40(30-27-35)54-45-31-28-36(50(4,5)6)32-43(45)51-42-24-16-17-25-44(42)53(39-22-14-9-15-23-39)46-33-41(34-47(54)48(46)51)52(37-18-10-7-11-19-37)38-20-12-8-13-21-38/h7-34H,1-6H3. The van der Waals surface area contributed by atoms with Crippen molar-refractivity contribution in [2.24, 2.45) is 0 Å². The van der Waals surface area contributed by atoms with Gasteiger partial charge >= 0.3 is 0 Å². The Morgan fingerprint density at radius 1 is 0.389 bits per heavy atom. The van der Waals surface area contributed by atoms with Gasteiger partial charge in [0.05, 0.1) is 5.69 Å². The van der Waals surface area contributed by atoms with Crippen LogP contribution < -0.4 is 31.1 Å². The summed E-state index contributed by atoms with van der Waals surface area (Å²) in [6, 6.07) is 62.8. The molecule has 0 atom stereocenters. The largest absolute Gasteiger partial charge is 0.311 e. The van der Waals surface area contributed by atoms with Crippen LogP contribution in [0.5, 0.6) is 0 Å². The predicted molar refractivity (Wildman–Crippen MR) is 233 cm³/mol. The highest BCUT2D eigenvalue weighted by Crippen LogP contribution is 2.48. The molecule has 7 aromatic carbocycles. The highest BCUT2D eigenvalue weighted by Gasteiger charge is 2.44. The van der Waals surface area contributed by atoms with Gasteiger partial charge in [-0.2, -0.15) is 0 Å². The van der Waals surface area contributed by atoms with E-state index in [1.165, 1.54) is 50.3 Å². The fourth-order valence-corrected chi connectivity index (χ4v) is 8.38. The molecule has 54 heavy (non-hydrogen) atoms. The van der Waals surface area contributed by atoms with Gasteiger partial charge in [-0.3, -0.25) is 0 Å². The third-order valence-electron chi connectivity index (χ3n) is 11.1. The molecule has 0 aromatic heterocycles. The van der Waals surface area contributed by atoms with Crippen molar-refractivity contribution in [2.75, 3.05) is 14.7 Å². The second-order valence-corrected chi connectivity index (χ2v) is 16.7. The fraction of sp³-hybridized carbons (Fsp3) is 0.160. The molecular formula is C50H46BN3. The van der Waals surface area contributed by atoms with Gasteiger partial charge in [-0.1, -0.05) is 139 Å². The summed E-state index contributed by atoms with van der Waals surface area (Å²) in [7, 11) is 0. The molecule has 264 valence electrons. The molecule has 0 fully saturated rings. The number of benzene rings is 7. The Kier molecular flexibility index (Phi) is 8.04. The second-order valence-electron chi connectivity index (χ2n) is 16.7. The molecule has 0 saturated carbocycles. The van der Waals surface area contributed by atoms with E-state index in [9.17, 15) is 0 Å². The first kappa shape index (κ1) is 33.8. The van der Waals surface area contributed by atoms with Crippen LogP contribution in [0.15, 0.2) is 170 Å². The third-order valence-corrected chi connectivity index (χ3v) is 11.1. The molecule has 0 aliphatic carbocycles. The Labute approximate surface area is 321 Å². The van der Waals surface area contributed by atoms with E-state index in [1.54, 1.807) is 0 Å². The minimum Gasteiger partial charge on any atom is -0.311 e. The molecule has 0 radical (unpaired) electrons. The molecule has 0 spiro atoms. The normalized spacial score (nSPS) is 13.3. The number of nitrogens with zero attached hydrogens (tertiary/aromatic N) is 3. The van der Waals surface area contributed by atoms with Gasteiger partial charge in [0.25, 0.3) is 6.71 Å². The molecule has 7 aromatic rings. The van der Waals surface area contributed by atoms with E-state index < -0.39 is 0 Å². The van der Waals surface area contributed by atoms with E-state index in [2.05, 4.69) is 226 Å². The lowest BCUT2D eigenvalue weighted by Crippen LogP contribution is -2.61. The lowest BCUT2D eigenvalue weighted by Gasteiger charge is -2.45. The average Bonchev–Trinajstić information content (AvgIpc) is 3.18. The van der Waals surface area contributed by atoms with Crippen molar-refractivity contribution in [1.29, 1.82) is 0 Å². The first-order valence-electron chi connectivity index (χ1n) is 19.2. The molecule has 9 rings (SSSR count). The van der Waals surface area contributed by atoms with E-state index >= 15 is 0 Å². The van der Waals surface area contributed by atoms with Crippen molar-refractivity contribution >= 4 is 74.3 Å². The van der Waals surface area contributed by atoms with Crippen LogP contribution in [0.1, 0.15) is 52.7 Å². The van der Waals surface area contributed by atoms with E-state index in [1.807, 2.05) is 0 Å². The molecule has 0 amide bonds. The van der Waals surface area contributed by atoms with Crippen molar-refractivity contribution < 1.29 is 0 Å². The van der Waals surface area contributed by atoms with Crippen LogP contribution in [-0.2, 0) is 10.8 Å². The van der Waals surface area contributed by atoms with Crippen LogP contribution in [0.4, 0.5) is 51.2 Å². The molecule has 2 heterocycles. The van der Waals surface area contributed by atoms with Crippen molar-refractivity contribution in [2.45, 2.75) is 52.4 Å². The van der Waals surface area contributed by atoms with E-state index in [0.717, 1.165) is 28.4 Å². The molecule has 0 saturated heterocycles. The van der Waals surface area contributed by atoms with Crippen LogP contribution in [0, 0.1) is 0 Å². The highest BCUT2D eigenvalue weighted by molar-refractivity contribution is 7.00. The maximum absolute atomic E-state index is 2.53. The molecular weight excluding hydrogens is 653 g/mol. The quantitative estimate of drug-likeness (QED) is 0.166. The first-order chi connectivity index (χ1) is 26.1. The Balaban J connectivity index is 1.40. The Bertz CT molecular complexity index is 2420. The molecule has 0 bridgehead atoms. The van der Waals surface area contributed by atoms with Crippen LogP contribution >= 0.6 is 0 Å². The van der Waals surface area contributed by atoms with Gasteiger partial charge in [0.15, 0.2) is 0 Å². The molecule has 3 nitrogen and oxygen atoms in total. The third kappa shape index (κ3) is 5.69. The van der Waals surface area contributed by atoms with E-state index in [0.29, 0.717) is 0 Å². The highest BCUT2D eigenvalue weighted by atomic mass is 15.2. The molecule has 4 heteroatoms. The Morgan fingerprint density at radius 2 is 0.852 bits per heavy atom. The predicted octanol–water partition coefficient (Wildman–Crippen LogP) is 11.8. The average molecular weight is 700 g/mol. The fourth-order valence-electron chi connectivity index (χ4n) is 8.38. The maximum atomic E-state index is 2.53. The van der Waals surface area contributed by atoms with Crippen LogP contribution in [0.25, 0.3) is 0 Å². The van der Waals surface area contributed by atoms with E-state index in [4.69, 9.17) is 0 Å². The van der Waals surface area contributed by atoms with Crippen LogP contribution in [-0.4, -0.2) is 6.71 Å². The SMILES string of the molecule is CC(C)(C)c1ccc(N2c3ccc(C(C)(C)C)cc3B3c4ccccc4N(c4ccccc4)c4cc(N(c5ccccc5)c5ccccc5)cc2c43)cc1. The summed E-state index contributed by atoms with van der Waals surface area (Å²) < 4.78 is 0. The van der Waals surface area contributed by atoms with Gasteiger partial charge < -0.3 is 14.7 Å². The summed E-state index contributed by atoms with van der Waals surface area (Å²) >= 11 is 0. The zero-order valence-electron chi connectivity index (χ0n) is 32.1. The molecule has 0 N–H and O–H groups in total. The van der Waals surface area contributed by atoms with Gasteiger partial charge in [0.2, 0.25) is 0 Å². The number of para-hydroxylation sites is 4. The topological polar surface area (TPSA) is 9.72 Å². The number of rotatable bonds is 5. The Morgan fingerprint density at radius 3 is 1.41 bits per heavy atom. The zero-order valence-corrected chi connectivity index (χ0v) is 32.1. The molecule has 2 aliphatic rings. The summed E-state index contributed by atoms with van der Waals surface area (Å²) in [5.74, 6) is 0. The number of anilines is 9. The lowest BCUT2D eigenvalue weighted by atomic mass is 9.33. The lowest BCUT2D eigenvalue weighted by molar-refractivity contribution is 0.590. The molecule has 0 unspecified atom stereocenters. The summed E-state index contributed by atoms with van der Waals surface area (Å²) in [4.78, 5) is 7.41. The Hall–Kier alpha value is -6.00. The first-order valence-corrected chi connectivity index (χ1v) is 19.2. The van der Waals surface area contributed by atoms with Gasteiger partial charge in [0, 0.05) is 45.5 Å². The number of fused-ring (bicyclic) bond motifs is 4. The minimum atomic E-state index is -0.00267. The zero-order chi connectivity index (χ0) is 37.2. The second kappa shape index (κ2) is 12.8. The van der Waals surface area contributed by atoms with Crippen molar-refractivity contribution in [3.05, 3.63) is 181 Å². The molecule has 2 aliphatic heterocycles. The van der Waals surface area contributed by atoms with Gasteiger partial charge in [-0.15, -0.1) is 0 Å². The smallest absolute Gasteiger partial charge is 0.252 e. The monoisotopic (exact) mass is 699 g/mol. The van der Waals surface area contributed by atoms with Crippen molar-refractivity contribution in [3.63, 3.8) is 0 Å². The van der Waals surface area contributed by atoms with Gasteiger partial charge in [0.1, 0.15) is 0 Å². The van der Waals surface area contributed by atoms with Crippen LogP contribution in [0.2, 0.25) is 0 Å². The summed E-state index contributed by atoms with van der Waals surface area (Å²) in [6.45, 7) is 13.9.